The van der Waals surface area contributed by atoms with Crippen molar-refractivity contribution in [3.8, 4) is 0 Å². The summed E-state index contributed by atoms with van der Waals surface area (Å²) in [5, 5.41) is 13.9. The van der Waals surface area contributed by atoms with Crippen LogP contribution in [-0.4, -0.2) is 14.5 Å². The van der Waals surface area contributed by atoms with Gasteiger partial charge in [0.2, 0.25) is 12.1 Å². The van der Waals surface area contributed by atoms with Gasteiger partial charge in [-0.1, -0.05) is 38.1 Å². The van der Waals surface area contributed by atoms with E-state index in [0.29, 0.717) is 18.3 Å². The van der Waals surface area contributed by atoms with Crippen LogP contribution in [0.1, 0.15) is 30.9 Å². The van der Waals surface area contributed by atoms with Gasteiger partial charge in [0.05, 0.1) is 0 Å². The molecule has 0 atom stereocenters. The van der Waals surface area contributed by atoms with Crippen LogP contribution >= 0.6 is 0 Å². The lowest BCUT2D eigenvalue weighted by Gasteiger charge is -2.09. The van der Waals surface area contributed by atoms with E-state index >= 15 is 0 Å². The third-order valence-corrected chi connectivity index (χ3v) is 3.20. The molecule has 106 valence electrons. The molecule has 0 fully saturated rings. The monoisotopic (exact) mass is 274 g/mol. The first-order valence-electron chi connectivity index (χ1n) is 6.47. The van der Waals surface area contributed by atoms with Gasteiger partial charge in [-0.25, -0.2) is 0 Å². The number of benzene rings is 1. The Morgan fingerprint density at radius 3 is 2.55 bits per heavy atom. The van der Waals surface area contributed by atoms with E-state index in [1.54, 1.807) is 11.6 Å². The number of hydrogen-bond acceptors (Lipinski definition) is 4. The highest BCUT2D eigenvalue weighted by molar-refractivity contribution is 5.52. The maximum Gasteiger partial charge on any atom is 0.406 e. The van der Waals surface area contributed by atoms with E-state index in [1.165, 1.54) is 11.9 Å². The van der Waals surface area contributed by atoms with Crippen molar-refractivity contribution in [1.82, 2.24) is 9.55 Å². The standard InChI is InChI=1S/C14H18N4O2/c1-10(2)12-6-4-11(5-7-12)8-15-13-14(18(19)20)16-9-17(13)3/h4-7,9-10,15H,8H2,1-3H3. The average Bonchev–Trinajstić information content (AvgIpc) is 2.78. The van der Waals surface area contributed by atoms with Crippen molar-refractivity contribution in [2.24, 2.45) is 7.05 Å². The molecule has 6 heteroatoms. The number of hydrogen-bond donors (Lipinski definition) is 1. The molecule has 0 spiro atoms. The molecule has 0 aliphatic heterocycles. The molecule has 0 aliphatic carbocycles. The van der Waals surface area contributed by atoms with E-state index in [1.807, 2.05) is 12.1 Å². The summed E-state index contributed by atoms with van der Waals surface area (Å²) in [4.78, 5) is 14.1. The van der Waals surface area contributed by atoms with Gasteiger partial charge < -0.3 is 15.4 Å². The minimum absolute atomic E-state index is 0.147. The summed E-state index contributed by atoms with van der Waals surface area (Å²) < 4.78 is 1.61. The quantitative estimate of drug-likeness (QED) is 0.671. The molecular weight excluding hydrogens is 256 g/mol. The number of nitro groups is 1. The second-order valence-corrected chi connectivity index (χ2v) is 5.03. The van der Waals surface area contributed by atoms with E-state index in [-0.39, 0.29) is 5.82 Å². The second-order valence-electron chi connectivity index (χ2n) is 5.03. The first-order chi connectivity index (χ1) is 9.49. The lowest BCUT2D eigenvalue weighted by atomic mass is 10.0. The molecule has 1 aromatic heterocycles. The van der Waals surface area contributed by atoms with E-state index in [2.05, 4.69) is 36.3 Å². The van der Waals surface area contributed by atoms with Crippen molar-refractivity contribution in [2.75, 3.05) is 5.32 Å². The van der Waals surface area contributed by atoms with Crippen molar-refractivity contribution in [3.05, 3.63) is 51.8 Å². The van der Waals surface area contributed by atoms with Crippen LogP contribution in [0.3, 0.4) is 0 Å². The predicted molar refractivity (Wildman–Crippen MR) is 77.7 cm³/mol. The number of aryl methyl sites for hydroxylation is 1. The molecule has 2 rings (SSSR count). The Kier molecular flexibility index (Phi) is 4.02. The van der Waals surface area contributed by atoms with Gasteiger partial charge in [-0.05, 0) is 27.0 Å². The highest BCUT2D eigenvalue weighted by atomic mass is 16.6. The van der Waals surface area contributed by atoms with Crippen LogP contribution in [0.2, 0.25) is 0 Å². The summed E-state index contributed by atoms with van der Waals surface area (Å²) in [6, 6.07) is 8.23. The van der Waals surface area contributed by atoms with Gasteiger partial charge in [0.25, 0.3) is 0 Å². The number of rotatable bonds is 5. The summed E-state index contributed by atoms with van der Waals surface area (Å²) in [6.45, 7) is 4.82. The molecule has 6 nitrogen and oxygen atoms in total. The SMILES string of the molecule is CC(C)c1ccc(CNc2c([N+](=O)[O-])ncn2C)cc1. The zero-order chi connectivity index (χ0) is 14.7. The van der Waals surface area contributed by atoms with Gasteiger partial charge in [0.15, 0.2) is 0 Å². The Hall–Kier alpha value is -2.37. The van der Waals surface area contributed by atoms with Crippen LogP contribution in [0.25, 0.3) is 0 Å². The molecule has 0 aliphatic rings. The number of anilines is 1. The molecule has 0 unspecified atom stereocenters. The molecule has 1 aromatic carbocycles. The average molecular weight is 274 g/mol. The summed E-state index contributed by atoms with van der Waals surface area (Å²) in [7, 11) is 1.73. The summed E-state index contributed by atoms with van der Waals surface area (Å²) >= 11 is 0. The summed E-state index contributed by atoms with van der Waals surface area (Å²) in [5.41, 5.74) is 2.35. The fourth-order valence-electron chi connectivity index (χ4n) is 1.96. The normalized spacial score (nSPS) is 10.8. The molecule has 0 saturated carbocycles. The Morgan fingerprint density at radius 2 is 2.00 bits per heavy atom. The van der Waals surface area contributed by atoms with E-state index in [0.717, 1.165) is 5.56 Å². The highest BCUT2D eigenvalue weighted by Crippen LogP contribution is 2.22. The van der Waals surface area contributed by atoms with Crippen LogP contribution in [0, 0.1) is 10.1 Å². The van der Waals surface area contributed by atoms with Gasteiger partial charge in [0.1, 0.15) is 0 Å². The Balaban J connectivity index is 2.09. The lowest BCUT2D eigenvalue weighted by Crippen LogP contribution is -2.05. The number of nitrogens with zero attached hydrogens (tertiary/aromatic N) is 3. The van der Waals surface area contributed by atoms with Gasteiger partial charge in [-0.15, -0.1) is 0 Å². The van der Waals surface area contributed by atoms with Gasteiger partial charge in [-0.2, -0.15) is 0 Å². The molecule has 20 heavy (non-hydrogen) atoms. The molecule has 0 bridgehead atoms. The van der Waals surface area contributed by atoms with Crippen LogP contribution in [0.15, 0.2) is 30.6 Å². The van der Waals surface area contributed by atoms with Crippen molar-refractivity contribution in [3.63, 3.8) is 0 Å². The largest absolute Gasteiger partial charge is 0.406 e. The number of nitrogens with one attached hydrogen (secondary N) is 1. The molecule has 1 heterocycles. The fourth-order valence-corrected chi connectivity index (χ4v) is 1.96. The van der Waals surface area contributed by atoms with Crippen molar-refractivity contribution in [1.29, 1.82) is 0 Å². The zero-order valence-corrected chi connectivity index (χ0v) is 11.8. The van der Waals surface area contributed by atoms with Gasteiger partial charge in [0, 0.05) is 13.6 Å². The maximum atomic E-state index is 10.9. The number of imidazole rings is 1. The minimum Gasteiger partial charge on any atom is -0.360 e. The van der Waals surface area contributed by atoms with Crippen molar-refractivity contribution in [2.45, 2.75) is 26.3 Å². The van der Waals surface area contributed by atoms with Crippen LogP contribution < -0.4 is 5.32 Å². The first kappa shape index (κ1) is 14.0. The topological polar surface area (TPSA) is 73.0 Å². The first-order valence-corrected chi connectivity index (χ1v) is 6.47. The molecule has 0 saturated heterocycles. The lowest BCUT2D eigenvalue weighted by molar-refractivity contribution is -0.388. The van der Waals surface area contributed by atoms with E-state index in [4.69, 9.17) is 0 Å². The summed E-state index contributed by atoms with van der Waals surface area (Å²) in [5.74, 6) is 0.768. The maximum absolute atomic E-state index is 10.9. The summed E-state index contributed by atoms with van der Waals surface area (Å²) in [6.07, 6.45) is 1.43. The molecule has 0 amide bonds. The third-order valence-electron chi connectivity index (χ3n) is 3.20. The molecule has 2 aromatic rings. The highest BCUT2D eigenvalue weighted by Gasteiger charge is 2.19. The molecular formula is C14H18N4O2. The van der Waals surface area contributed by atoms with Crippen molar-refractivity contribution >= 4 is 11.6 Å². The molecule has 0 radical (unpaired) electrons. The Labute approximate surface area is 117 Å². The third kappa shape index (κ3) is 2.96. The van der Waals surface area contributed by atoms with Crippen LogP contribution in [-0.2, 0) is 13.6 Å². The smallest absolute Gasteiger partial charge is 0.360 e. The Morgan fingerprint density at radius 1 is 1.35 bits per heavy atom. The van der Waals surface area contributed by atoms with Crippen molar-refractivity contribution < 1.29 is 4.92 Å². The molecule has 1 N–H and O–H groups in total. The van der Waals surface area contributed by atoms with E-state index < -0.39 is 4.92 Å². The number of aromatic nitrogens is 2. The zero-order valence-electron chi connectivity index (χ0n) is 11.8. The fraction of sp³-hybridized carbons (Fsp3) is 0.357. The second kappa shape index (κ2) is 5.73. The van der Waals surface area contributed by atoms with Crippen LogP contribution in [0.4, 0.5) is 11.6 Å². The predicted octanol–water partition coefficient (Wildman–Crippen LogP) is 3.06. The van der Waals surface area contributed by atoms with E-state index in [9.17, 15) is 10.1 Å². The van der Waals surface area contributed by atoms with Gasteiger partial charge in [-0.3, -0.25) is 4.57 Å². The van der Waals surface area contributed by atoms with Crippen LogP contribution in [0.5, 0.6) is 0 Å². The Bertz CT molecular complexity index is 602. The minimum atomic E-state index is -0.482. The van der Waals surface area contributed by atoms with Gasteiger partial charge >= 0.3 is 5.82 Å².